The molecule has 6 nitrogen and oxygen atoms in total. The Kier molecular flexibility index (Phi) is 8.32. The average molecular weight is 672 g/mol. The number of aromatic nitrogens is 1. The van der Waals surface area contributed by atoms with Crippen LogP contribution < -0.4 is 15.5 Å². The first-order valence-corrected chi connectivity index (χ1v) is 13.8. The number of pyridine rings is 1. The van der Waals surface area contributed by atoms with Crippen LogP contribution in [0.4, 0.5) is 22.0 Å². The Morgan fingerprint density at radius 2 is 1.68 bits per heavy atom. The van der Waals surface area contributed by atoms with Crippen LogP contribution in [0.25, 0.3) is 10.9 Å². The molecule has 180 valence electrons. The number of carbonyl (C=O) groups is 1. The van der Waals surface area contributed by atoms with Crippen molar-refractivity contribution >= 4 is 94.7 Å². The molecule has 10 heteroatoms. The molecule has 4 rings (SSSR count). The molecule has 0 atom stereocenters. The fraction of sp³-hybridized carbons (Fsp3) is 0.333. The van der Waals surface area contributed by atoms with Gasteiger partial charge in [0, 0.05) is 56.7 Å². The molecule has 0 unspecified atom stereocenters. The molecular formula is C24H26Br3N5OS. The third-order valence-electron chi connectivity index (χ3n) is 6.02. The Morgan fingerprint density at radius 3 is 2.32 bits per heavy atom. The fourth-order valence-corrected chi connectivity index (χ4v) is 7.00. The molecule has 2 N–H and O–H groups in total. The quantitative estimate of drug-likeness (QED) is 0.244. The van der Waals surface area contributed by atoms with E-state index in [0.717, 1.165) is 61.5 Å². The van der Waals surface area contributed by atoms with Gasteiger partial charge in [0.15, 0.2) is 0 Å². The fourth-order valence-electron chi connectivity index (χ4n) is 4.27. The molecule has 0 saturated heterocycles. The predicted molar refractivity (Wildman–Crippen MR) is 155 cm³/mol. The number of thiol groups is 1. The number of carbonyl (C=O) groups excluding carboxylic acids is 1. The summed E-state index contributed by atoms with van der Waals surface area (Å²) in [6, 6.07) is 14.2. The van der Waals surface area contributed by atoms with Gasteiger partial charge in [-0.1, -0.05) is 46.9 Å². The molecule has 1 fully saturated rings. The summed E-state index contributed by atoms with van der Waals surface area (Å²) >= 11 is 15.0. The van der Waals surface area contributed by atoms with E-state index >= 15 is 0 Å². The molecule has 2 aromatic carbocycles. The highest BCUT2D eigenvalue weighted by molar-refractivity contribution is 9.11. The van der Waals surface area contributed by atoms with Crippen molar-refractivity contribution in [1.82, 2.24) is 9.29 Å². The van der Waals surface area contributed by atoms with E-state index in [1.165, 1.54) is 4.31 Å². The van der Waals surface area contributed by atoms with E-state index in [2.05, 4.69) is 102 Å². The van der Waals surface area contributed by atoms with Crippen molar-refractivity contribution in [3.05, 3.63) is 55.9 Å². The number of benzene rings is 2. The van der Waals surface area contributed by atoms with Gasteiger partial charge < -0.3 is 15.5 Å². The minimum atomic E-state index is -0.240. The van der Waals surface area contributed by atoms with E-state index in [9.17, 15) is 4.79 Å². The SMILES string of the molecule is CN(C)c1cc(NC2CCC(N(S)C(=O)Nc3c(Br)cc(Br)cc3Br)CC2)nc2ccccc12. The predicted octanol–water partition coefficient (Wildman–Crippen LogP) is 7.69. The summed E-state index contributed by atoms with van der Waals surface area (Å²) in [5.74, 6) is 0.885. The van der Waals surface area contributed by atoms with Crippen LogP contribution in [0.15, 0.2) is 55.9 Å². The summed E-state index contributed by atoms with van der Waals surface area (Å²) in [5.41, 5.74) is 2.81. The minimum absolute atomic E-state index is 0.0660. The van der Waals surface area contributed by atoms with Gasteiger partial charge in [-0.25, -0.2) is 9.78 Å². The molecule has 34 heavy (non-hydrogen) atoms. The Balaban J connectivity index is 1.37. The molecule has 0 aliphatic heterocycles. The van der Waals surface area contributed by atoms with Gasteiger partial charge in [-0.2, -0.15) is 0 Å². The zero-order valence-electron chi connectivity index (χ0n) is 18.9. The highest BCUT2D eigenvalue weighted by Gasteiger charge is 2.28. The zero-order chi connectivity index (χ0) is 24.4. The summed E-state index contributed by atoms with van der Waals surface area (Å²) in [4.78, 5) is 19.8. The average Bonchev–Trinajstić information content (AvgIpc) is 2.80. The lowest BCUT2D eigenvalue weighted by atomic mass is 9.91. The summed E-state index contributed by atoms with van der Waals surface area (Å²) in [5, 5.41) is 7.71. The second-order valence-electron chi connectivity index (χ2n) is 8.61. The van der Waals surface area contributed by atoms with Crippen LogP contribution in [0.5, 0.6) is 0 Å². The monoisotopic (exact) mass is 669 g/mol. The molecule has 0 bridgehead atoms. The molecule has 3 aromatic rings. The number of hydrogen-bond donors (Lipinski definition) is 3. The maximum absolute atomic E-state index is 12.9. The first-order chi connectivity index (χ1) is 16.2. The van der Waals surface area contributed by atoms with Gasteiger partial charge in [0.05, 0.1) is 11.2 Å². The van der Waals surface area contributed by atoms with Gasteiger partial charge >= 0.3 is 6.03 Å². The van der Waals surface area contributed by atoms with Crippen LogP contribution in [-0.2, 0) is 0 Å². The van der Waals surface area contributed by atoms with Crippen molar-refractivity contribution in [3.8, 4) is 0 Å². The zero-order valence-corrected chi connectivity index (χ0v) is 24.5. The molecule has 1 aliphatic carbocycles. The van der Waals surface area contributed by atoms with Crippen LogP contribution in [0.1, 0.15) is 25.7 Å². The number of nitrogens with zero attached hydrogens (tertiary/aromatic N) is 3. The van der Waals surface area contributed by atoms with E-state index in [1.54, 1.807) is 0 Å². The summed E-state index contributed by atoms with van der Waals surface area (Å²) < 4.78 is 4.01. The van der Waals surface area contributed by atoms with E-state index in [1.807, 2.05) is 30.3 Å². The van der Waals surface area contributed by atoms with E-state index in [0.29, 0.717) is 11.7 Å². The van der Waals surface area contributed by atoms with Gasteiger partial charge in [-0.15, -0.1) is 0 Å². The largest absolute Gasteiger partial charge is 0.377 e. The number of urea groups is 1. The Bertz CT molecular complexity index is 1180. The number of rotatable bonds is 5. The van der Waals surface area contributed by atoms with E-state index in [4.69, 9.17) is 4.98 Å². The molecule has 1 heterocycles. The topological polar surface area (TPSA) is 60.5 Å². The third kappa shape index (κ3) is 5.83. The number of fused-ring (bicyclic) bond motifs is 1. The van der Waals surface area contributed by atoms with Crippen molar-refractivity contribution in [3.63, 3.8) is 0 Å². The Morgan fingerprint density at radius 1 is 1.03 bits per heavy atom. The molecule has 0 spiro atoms. The summed E-state index contributed by atoms with van der Waals surface area (Å²) in [6.07, 6.45) is 3.61. The first kappa shape index (κ1) is 25.6. The molecule has 1 aliphatic rings. The number of amides is 2. The van der Waals surface area contributed by atoms with Crippen molar-refractivity contribution in [2.75, 3.05) is 29.6 Å². The molecule has 1 saturated carbocycles. The normalized spacial score (nSPS) is 17.9. The van der Waals surface area contributed by atoms with Crippen molar-refractivity contribution in [2.24, 2.45) is 0 Å². The lowest BCUT2D eigenvalue weighted by molar-refractivity contribution is 0.217. The lowest BCUT2D eigenvalue weighted by Crippen LogP contribution is -2.40. The van der Waals surface area contributed by atoms with Crippen LogP contribution in [-0.4, -0.2) is 41.5 Å². The smallest absolute Gasteiger partial charge is 0.331 e. The maximum Gasteiger partial charge on any atom is 0.331 e. The summed E-state index contributed by atoms with van der Waals surface area (Å²) in [7, 11) is 4.10. The van der Waals surface area contributed by atoms with Crippen LogP contribution in [0.3, 0.4) is 0 Å². The number of anilines is 3. The van der Waals surface area contributed by atoms with Gasteiger partial charge in [-0.3, -0.25) is 4.31 Å². The summed E-state index contributed by atoms with van der Waals surface area (Å²) in [6.45, 7) is 0. The number of halogens is 3. The molecule has 2 amide bonds. The first-order valence-electron chi connectivity index (χ1n) is 11.0. The minimum Gasteiger partial charge on any atom is -0.377 e. The standard InChI is InChI=1S/C24H26Br3N5OS/c1-31(2)21-13-22(29-20-6-4-3-5-17(20)21)28-15-7-9-16(10-8-15)32(34)24(33)30-23-18(26)11-14(25)12-19(23)27/h3-6,11-13,15-16,34H,7-10H2,1-2H3,(H,28,29)(H,30,33). The molecular weight excluding hydrogens is 646 g/mol. The number of hydrogen-bond acceptors (Lipinski definition) is 5. The van der Waals surface area contributed by atoms with E-state index in [-0.39, 0.29) is 12.1 Å². The van der Waals surface area contributed by atoms with Crippen molar-refractivity contribution < 1.29 is 4.79 Å². The van der Waals surface area contributed by atoms with Crippen molar-refractivity contribution in [1.29, 1.82) is 0 Å². The number of para-hydroxylation sites is 1. The van der Waals surface area contributed by atoms with Crippen molar-refractivity contribution in [2.45, 2.75) is 37.8 Å². The van der Waals surface area contributed by atoms with Gasteiger partial charge in [-0.05, 0) is 75.7 Å². The molecule has 0 radical (unpaired) electrons. The van der Waals surface area contributed by atoms with Crippen LogP contribution in [0, 0.1) is 0 Å². The lowest BCUT2D eigenvalue weighted by Gasteiger charge is -2.34. The van der Waals surface area contributed by atoms with Gasteiger partial charge in [0.2, 0.25) is 0 Å². The van der Waals surface area contributed by atoms with E-state index < -0.39 is 0 Å². The maximum atomic E-state index is 12.9. The van der Waals surface area contributed by atoms with Crippen LogP contribution >= 0.6 is 60.6 Å². The Hall–Kier alpha value is -1.49. The Labute approximate surface area is 230 Å². The molecule has 1 aromatic heterocycles. The van der Waals surface area contributed by atoms with Crippen LogP contribution in [0.2, 0.25) is 0 Å². The second kappa shape index (κ2) is 11.1. The third-order valence-corrected chi connectivity index (χ3v) is 8.23. The highest BCUT2D eigenvalue weighted by Crippen LogP contribution is 2.35. The highest BCUT2D eigenvalue weighted by atomic mass is 79.9. The van der Waals surface area contributed by atoms with Gasteiger partial charge in [0.25, 0.3) is 0 Å². The van der Waals surface area contributed by atoms with Gasteiger partial charge in [0.1, 0.15) is 5.82 Å². The number of nitrogens with one attached hydrogen (secondary N) is 2. The second-order valence-corrected chi connectivity index (χ2v) is 11.7.